The first kappa shape index (κ1) is 22.2. The highest BCUT2D eigenvalue weighted by Crippen LogP contribution is 2.51. The van der Waals surface area contributed by atoms with Crippen LogP contribution in [0.25, 0.3) is 0 Å². The monoisotopic (exact) mass is 498 g/mol. The number of carbonyl (C=O) groups is 2. The van der Waals surface area contributed by atoms with Crippen LogP contribution in [0.4, 0.5) is 5.82 Å². The summed E-state index contributed by atoms with van der Waals surface area (Å²) in [5, 5.41) is 7.51. The largest absolute Gasteiger partial charge is 0.352 e. The standard InChI is InChI=1S/C26H28Cl2N4O2/c27-16-2-7-21(22(28)11-16)26(9-10-26)25(34)31-18-12-19-5-6-20(13-18)32(19)23-8-1-15(14-29-23)24(33)30-17-3-4-17/h1-2,7-8,11,14,17-20H,3-6,9-10,12-13H2,(H,30,33)(H,31,34)/t18-,19+,20-. The Balaban J connectivity index is 1.11. The lowest BCUT2D eigenvalue weighted by molar-refractivity contribution is -0.124. The molecule has 3 atom stereocenters. The van der Waals surface area contributed by atoms with E-state index < -0.39 is 5.41 Å². The number of pyridine rings is 1. The molecular formula is C26H28Cl2N4O2. The molecule has 0 radical (unpaired) electrons. The molecule has 3 heterocycles. The van der Waals surface area contributed by atoms with Gasteiger partial charge in [0, 0.05) is 40.4 Å². The fourth-order valence-electron chi connectivity index (χ4n) is 5.78. The van der Waals surface area contributed by atoms with Crippen LogP contribution < -0.4 is 15.5 Å². The Labute approximate surface area is 209 Å². The molecule has 2 bridgehead atoms. The zero-order chi connectivity index (χ0) is 23.4. The quantitative estimate of drug-likeness (QED) is 0.608. The minimum absolute atomic E-state index is 0.0410. The smallest absolute Gasteiger partial charge is 0.253 e. The highest BCUT2D eigenvalue weighted by atomic mass is 35.5. The number of rotatable bonds is 6. The Morgan fingerprint density at radius 3 is 2.26 bits per heavy atom. The molecule has 178 valence electrons. The van der Waals surface area contributed by atoms with Crippen molar-refractivity contribution in [3.05, 3.63) is 57.7 Å². The number of nitrogens with one attached hydrogen (secondary N) is 2. The summed E-state index contributed by atoms with van der Waals surface area (Å²) in [6.07, 6.45) is 9.45. The molecule has 4 fully saturated rings. The van der Waals surface area contributed by atoms with Crippen LogP contribution in [0, 0.1) is 0 Å². The normalized spacial score (nSPS) is 26.8. The number of hydrogen-bond acceptors (Lipinski definition) is 4. The number of nitrogens with zero attached hydrogens (tertiary/aromatic N) is 2. The molecule has 34 heavy (non-hydrogen) atoms. The SMILES string of the molecule is O=C(NC1CC1)c1ccc(N2[C@@H]3CC[C@H]2C[C@@H](NC(=O)C2(c4ccc(Cl)cc4Cl)CC2)C3)nc1. The highest BCUT2D eigenvalue weighted by Gasteiger charge is 2.53. The number of carbonyl (C=O) groups excluding carboxylic acids is 2. The maximum atomic E-state index is 13.3. The lowest BCUT2D eigenvalue weighted by Gasteiger charge is -2.40. The summed E-state index contributed by atoms with van der Waals surface area (Å²) in [6, 6.07) is 10.4. The number of benzene rings is 1. The summed E-state index contributed by atoms with van der Waals surface area (Å²) in [5.41, 5.74) is 0.975. The summed E-state index contributed by atoms with van der Waals surface area (Å²) < 4.78 is 0. The Morgan fingerprint density at radius 1 is 0.941 bits per heavy atom. The van der Waals surface area contributed by atoms with Gasteiger partial charge in [-0.15, -0.1) is 0 Å². The van der Waals surface area contributed by atoms with Gasteiger partial charge < -0.3 is 15.5 Å². The molecule has 1 aromatic heterocycles. The van der Waals surface area contributed by atoms with Crippen molar-refractivity contribution in [2.75, 3.05) is 4.90 Å². The average molecular weight is 499 g/mol. The maximum absolute atomic E-state index is 13.3. The van der Waals surface area contributed by atoms with Gasteiger partial charge in [0.15, 0.2) is 0 Å². The Morgan fingerprint density at radius 2 is 1.68 bits per heavy atom. The molecule has 6 rings (SSSR count). The van der Waals surface area contributed by atoms with Crippen LogP contribution in [0.5, 0.6) is 0 Å². The second kappa shape index (κ2) is 8.42. The molecule has 4 aliphatic rings. The van der Waals surface area contributed by atoms with E-state index in [1.807, 2.05) is 24.3 Å². The molecule has 1 aromatic carbocycles. The van der Waals surface area contributed by atoms with E-state index in [1.54, 1.807) is 12.3 Å². The van der Waals surface area contributed by atoms with Gasteiger partial charge in [-0.2, -0.15) is 0 Å². The van der Waals surface area contributed by atoms with Gasteiger partial charge in [0.05, 0.1) is 11.0 Å². The van der Waals surface area contributed by atoms with Crippen LogP contribution in [0.15, 0.2) is 36.5 Å². The van der Waals surface area contributed by atoms with Crippen molar-refractivity contribution in [1.82, 2.24) is 15.6 Å². The van der Waals surface area contributed by atoms with Crippen molar-refractivity contribution in [1.29, 1.82) is 0 Å². The molecule has 2 saturated carbocycles. The topological polar surface area (TPSA) is 74.3 Å². The van der Waals surface area contributed by atoms with Crippen LogP contribution in [0.3, 0.4) is 0 Å². The number of halogens is 2. The summed E-state index contributed by atoms with van der Waals surface area (Å²) >= 11 is 12.5. The number of hydrogen-bond donors (Lipinski definition) is 2. The molecule has 8 heteroatoms. The van der Waals surface area contributed by atoms with Gasteiger partial charge in [-0.3, -0.25) is 9.59 Å². The zero-order valence-electron chi connectivity index (χ0n) is 18.9. The minimum Gasteiger partial charge on any atom is -0.352 e. The van der Waals surface area contributed by atoms with E-state index in [1.165, 1.54) is 0 Å². The fourth-order valence-corrected chi connectivity index (χ4v) is 6.37. The number of fused-ring (bicyclic) bond motifs is 2. The minimum atomic E-state index is -0.518. The summed E-state index contributed by atoms with van der Waals surface area (Å²) in [7, 11) is 0. The Kier molecular flexibility index (Phi) is 5.49. The van der Waals surface area contributed by atoms with Crippen molar-refractivity contribution in [3.63, 3.8) is 0 Å². The lowest BCUT2D eigenvalue weighted by Crippen LogP contribution is -2.52. The van der Waals surface area contributed by atoms with Gasteiger partial charge in [-0.25, -0.2) is 4.98 Å². The molecule has 2 aromatic rings. The third kappa shape index (κ3) is 4.05. The molecular weight excluding hydrogens is 471 g/mol. The van der Waals surface area contributed by atoms with Gasteiger partial charge in [0.25, 0.3) is 5.91 Å². The van der Waals surface area contributed by atoms with E-state index >= 15 is 0 Å². The molecule has 2 amide bonds. The van der Waals surface area contributed by atoms with Gasteiger partial charge in [-0.05, 0) is 81.2 Å². The first-order chi connectivity index (χ1) is 16.4. The average Bonchev–Trinajstić information content (AvgIpc) is 3.73. The van der Waals surface area contributed by atoms with Crippen LogP contribution in [-0.4, -0.2) is 41.0 Å². The number of anilines is 1. The van der Waals surface area contributed by atoms with Crippen LogP contribution in [-0.2, 0) is 10.2 Å². The van der Waals surface area contributed by atoms with Crippen molar-refractivity contribution >= 4 is 40.8 Å². The van der Waals surface area contributed by atoms with E-state index in [9.17, 15) is 9.59 Å². The maximum Gasteiger partial charge on any atom is 0.253 e. The van der Waals surface area contributed by atoms with Crippen LogP contribution in [0.1, 0.15) is 67.3 Å². The predicted octanol–water partition coefficient (Wildman–Crippen LogP) is 4.63. The Bertz CT molecular complexity index is 1120. The van der Waals surface area contributed by atoms with Gasteiger partial charge >= 0.3 is 0 Å². The lowest BCUT2D eigenvalue weighted by atomic mass is 9.92. The van der Waals surface area contributed by atoms with E-state index in [0.717, 1.165) is 62.7 Å². The summed E-state index contributed by atoms with van der Waals surface area (Å²) in [6.45, 7) is 0. The number of amides is 2. The van der Waals surface area contributed by atoms with Gasteiger partial charge in [-0.1, -0.05) is 29.3 Å². The third-order valence-corrected chi connectivity index (χ3v) is 8.43. The van der Waals surface area contributed by atoms with E-state index in [-0.39, 0.29) is 17.9 Å². The number of aromatic nitrogens is 1. The van der Waals surface area contributed by atoms with Crippen LogP contribution >= 0.6 is 23.2 Å². The summed E-state index contributed by atoms with van der Waals surface area (Å²) in [4.78, 5) is 32.6. The van der Waals surface area contributed by atoms with Crippen molar-refractivity contribution in [2.45, 2.75) is 80.9 Å². The third-order valence-electron chi connectivity index (χ3n) is 7.89. The van der Waals surface area contributed by atoms with Crippen molar-refractivity contribution in [3.8, 4) is 0 Å². The fraction of sp³-hybridized carbons (Fsp3) is 0.500. The molecule has 0 unspecified atom stereocenters. The molecule has 2 N–H and O–H groups in total. The van der Waals surface area contributed by atoms with E-state index in [4.69, 9.17) is 23.2 Å². The first-order valence-electron chi connectivity index (χ1n) is 12.2. The second-order valence-corrected chi connectivity index (χ2v) is 11.1. The van der Waals surface area contributed by atoms with Crippen molar-refractivity contribution in [2.24, 2.45) is 0 Å². The van der Waals surface area contributed by atoms with Gasteiger partial charge in [0.1, 0.15) is 5.82 Å². The molecule has 6 nitrogen and oxygen atoms in total. The van der Waals surface area contributed by atoms with Crippen molar-refractivity contribution < 1.29 is 9.59 Å². The second-order valence-electron chi connectivity index (χ2n) is 10.3. The van der Waals surface area contributed by atoms with E-state index in [2.05, 4.69) is 20.5 Å². The first-order valence-corrected chi connectivity index (χ1v) is 13.0. The molecule has 2 saturated heterocycles. The Hall–Kier alpha value is -2.31. The van der Waals surface area contributed by atoms with E-state index in [0.29, 0.717) is 33.7 Å². The zero-order valence-corrected chi connectivity index (χ0v) is 20.4. The summed E-state index contributed by atoms with van der Waals surface area (Å²) in [5.74, 6) is 0.964. The molecule has 2 aliphatic heterocycles. The van der Waals surface area contributed by atoms with Crippen LogP contribution in [0.2, 0.25) is 10.0 Å². The molecule has 2 aliphatic carbocycles. The highest BCUT2D eigenvalue weighted by molar-refractivity contribution is 6.35. The number of piperidine rings is 1. The van der Waals surface area contributed by atoms with Gasteiger partial charge in [0.2, 0.25) is 5.91 Å². The molecule has 0 spiro atoms. The predicted molar refractivity (Wildman–Crippen MR) is 133 cm³/mol.